The van der Waals surface area contributed by atoms with E-state index < -0.39 is 24.5 Å². The molecule has 0 bridgehead atoms. The molecule has 0 atom stereocenters. The molecule has 3 nitrogen and oxygen atoms in total. The molecule has 0 radical (unpaired) electrons. The minimum absolute atomic E-state index is 0.144. The average Bonchev–Trinajstić information content (AvgIpc) is 2.55. The summed E-state index contributed by atoms with van der Waals surface area (Å²) in [6, 6.07) is 10.9. The van der Waals surface area contributed by atoms with E-state index in [1.807, 2.05) is 0 Å². The van der Waals surface area contributed by atoms with Crippen LogP contribution in [0.5, 0.6) is 0 Å². The number of nitrogens with one attached hydrogen (secondary N) is 1. The molecule has 1 amide bonds. The van der Waals surface area contributed by atoms with Crippen LogP contribution in [-0.2, 0) is 17.9 Å². The van der Waals surface area contributed by atoms with Crippen LogP contribution >= 0.6 is 0 Å². The standard InChI is InChI=1S/C18H17F4NO2/c1-12-2-7-15(8-16(12)19)17(24)23-9-13-3-5-14(6-4-13)10-25-11-18(20,21)22/h2-8H,9-11H2,1H3,(H,23,24). The number of ether oxygens (including phenoxy) is 1. The molecule has 7 heteroatoms. The van der Waals surface area contributed by atoms with E-state index >= 15 is 0 Å². The van der Waals surface area contributed by atoms with Crippen LogP contribution in [0, 0.1) is 12.7 Å². The zero-order valence-corrected chi connectivity index (χ0v) is 13.5. The molecular weight excluding hydrogens is 338 g/mol. The molecule has 0 saturated heterocycles. The maximum atomic E-state index is 13.5. The molecule has 1 N–H and O–H groups in total. The Bertz CT molecular complexity index is 727. The number of carbonyl (C=O) groups excluding carboxylic acids is 1. The van der Waals surface area contributed by atoms with Gasteiger partial charge in [-0.2, -0.15) is 13.2 Å². The van der Waals surface area contributed by atoms with Gasteiger partial charge in [0.2, 0.25) is 0 Å². The van der Waals surface area contributed by atoms with Gasteiger partial charge < -0.3 is 10.1 Å². The number of aryl methyl sites for hydroxylation is 1. The molecule has 0 aliphatic carbocycles. The van der Waals surface area contributed by atoms with Gasteiger partial charge in [-0.25, -0.2) is 4.39 Å². The minimum atomic E-state index is -4.35. The molecule has 0 spiro atoms. The summed E-state index contributed by atoms with van der Waals surface area (Å²) in [4.78, 5) is 12.0. The number of alkyl halides is 3. The van der Waals surface area contributed by atoms with Crippen LogP contribution in [0.2, 0.25) is 0 Å². The van der Waals surface area contributed by atoms with Gasteiger partial charge in [-0.3, -0.25) is 4.79 Å². The summed E-state index contributed by atoms with van der Waals surface area (Å²) in [5, 5.41) is 2.66. The molecule has 0 unspecified atom stereocenters. The monoisotopic (exact) mass is 355 g/mol. The van der Waals surface area contributed by atoms with Gasteiger partial charge >= 0.3 is 6.18 Å². The van der Waals surface area contributed by atoms with Gasteiger partial charge in [-0.1, -0.05) is 30.3 Å². The molecule has 2 aromatic carbocycles. The summed E-state index contributed by atoms with van der Waals surface area (Å²) in [6.45, 7) is 0.391. The van der Waals surface area contributed by atoms with E-state index in [0.29, 0.717) is 11.1 Å². The van der Waals surface area contributed by atoms with Crippen LogP contribution in [0.1, 0.15) is 27.0 Å². The van der Waals surface area contributed by atoms with Gasteiger partial charge in [0.25, 0.3) is 5.91 Å². The van der Waals surface area contributed by atoms with Crippen molar-refractivity contribution in [2.24, 2.45) is 0 Å². The summed E-state index contributed by atoms with van der Waals surface area (Å²) >= 11 is 0. The Morgan fingerprint density at radius 2 is 1.72 bits per heavy atom. The van der Waals surface area contributed by atoms with Gasteiger partial charge in [-0.15, -0.1) is 0 Å². The lowest BCUT2D eigenvalue weighted by atomic mass is 10.1. The van der Waals surface area contributed by atoms with E-state index in [9.17, 15) is 22.4 Å². The van der Waals surface area contributed by atoms with Crippen molar-refractivity contribution in [3.05, 3.63) is 70.5 Å². The number of amides is 1. The van der Waals surface area contributed by atoms with Gasteiger partial charge in [0, 0.05) is 12.1 Å². The SMILES string of the molecule is Cc1ccc(C(=O)NCc2ccc(COCC(F)(F)F)cc2)cc1F. The normalized spacial score (nSPS) is 11.4. The number of hydrogen-bond donors (Lipinski definition) is 1. The number of hydrogen-bond acceptors (Lipinski definition) is 2. The lowest BCUT2D eigenvalue weighted by Crippen LogP contribution is -2.23. The fourth-order valence-electron chi connectivity index (χ4n) is 2.06. The first kappa shape index (κ1) is 18.9. The molecule has 25 heavy (non-hydrogen) atoms. The number of carbonyl (C=O) groups is 1. The average molecular weight is 355 g/mol. The van der Waals surface area contributed by atoms with E-state index in [4.69, 9.17) is 0 Å². The first-order valence-electron chi connectivity index (χ1n) is 7.51. The van der Waals surface area contributed by atoms with Gasteiger partial charge in [0.15, 0.2) is 0 Å². The van der Waals surface area contributed by atoms with Crippen molar-refractivity contribution < 1.29 is 27.1 Å². The Balaban J connectivity index is 1.84. The van der Waals surface area contributed by atoms with Gasteiger partial charge in [0.05, 0.1) is 6.61 Å². The minimum Gasteiger partial charge on any atom is -0.367 e. The fourth-order valence-corrected chi connectivity index (χ4v) is 2.06. The zero-order chi connectivity index (χ0) is 18.4. The predicted octanol–water partition coefficient (Wildman–Crippen LogP) is 4.14. The molecule has 2 rings (SSSR count). The van der Waals surface area contributed by atoms with E-state index in [2.05, 4.69) is 10.1 Å². The van der Waals surface area contributed by atoms with Crippen LogP contribution in [0.3, 0.4) is 0 Å². The molecule has 0 fully saturated rings. The Kier molecular flexibility index (Phi) is 6.14. The van der Waals surface area contributed by atoms with E-state index in [-0.39, 0.29) is 18.7 Å². The molecule has 0 aliphatic heterocycles. The molecule has 0 saturated carbocycles. The number of halogens is 4. The van der Waals surface area contributed by atoms with Crippen molar-refractivity contribution in [1.29, 1.82) is 0 Å². The molecular formula is C18H17F4NO2. The highest BCUT2D eigenvalue weighted by molar-refractivity contribution is 5.94. The molecule has 0 heterocycles. The second-order valence-corrected chi connectivity index (χ2v) is 5.57. The topological polar surface area (TPSA) is 38.3 Å². The van der Waals surface area contributed by atoms with Crippen LogP contribution in [-0.4, -0.2) is 18.7 Å². The summed E-state index contributed by atoms with van der Waals surface area (Å²) in [7, 11) is 0. The van der Waals surface area contributed by atoms with Crippen LogP contribution in [0.15, 0.2) is 42.5 Å². The number of benzene rings is 2. The first-order chi connectivity index (χ1) is 11.7. The Morgan fingerprint density at radius 1 is 1.08 bits per heavy atom. The second-order valence-electron chi connectivity index (χ2n) is 5.57. The Labute approximate surface area is 142 Å². The maximum absolute atomic E-state index is 13.5. The maximum Gasteiger partial charge on any atom is 0.411 e. The third kappa shape index (κ3) is 6.19. The van der Waals surface area contributed by atoms with Crippen molar-refractivity contribution in [3.63, 3.8) is 0 Å². The Morgan fingerprint density at radius 3 is 2.32 bits per heavy atom. The lowest BCUT2D eigenvalue weighted by molar-refractivity contribution is -0.176. The van der Waals surface area contributed by atoms with Crippen molar-refractivity contribution in [1.82, 2.24) is 5.32 Å². The second kappa shape index (κ2) is 8.11. The quantitative estimate of drug-likeness (QED) is 0.791. The van der Waals surface area contributed by atoms with Crippen molar-refractivity contribution >= 4 is 5.91 Å². The third-order valence-corrected chi connectivity index (χ3v) is 3.44. The van der Waals surface area contributed by atoms with E-state index in [1.54, 1.807) is 31.2 Å². The summed E-state index contributed by atoms with van der Waals surface area (Å²) in [5.74, 6) is -0.854. The van der Waals surface area contributed by atoms with Crippen molar-refractivity contribution in [2.45, 2.75) is 26.3 Å². The van der Waals surface area contributed by atoms with Crippen molar-refractivity contribution in [2.75, 3.05) is 6.61 Å². The third-order valence-electron chi connectivity index (χ3n) is 3.44. The lowest BCUT2D eigenvalue weighted by Gasteiger charge is -2.09. The highest BCUT2D eigenvalue weighted by Crippen LogP contribution is 2.16. The summed E-state index contributed by atoms with van der Waals surface area (Å²) in [5.41, 5.74) is 2.04. The smallest absolute Gasteiger partial charge is 0.367 e. The molecule has 134 valence electrons. The molecule has 0 aromatic heterocycles. The zero-order valence-electron chi connectivity index (χ0n) is 13.5. The summed E-state index contributed by atoms with van der Waals surface area (Å²) in [6.07, 6.45) is -4.35. The van der Waals surface area contributed by atoms with Crippen LogP contribution in [0.25, 0.3) is 0 Å². The largest absolute Gasteiger partial charge is 0.411 e. The van der Waals surface area contributed by atoms with Crippen LogP contribution < -0.4 is 5.32 Å². The predicted molar refractivity (Wildman–Crippen MR) is 84.5 cm³/mol. The first-order valence-corrected chi connectivity index (χ1v) is 7.51. The van der Waals surface area contributed by atoms with Crippen molar-refractivity contribution in [3.8, 4) is 0 Å². The van der Waals surface area contributed by atoms with E-state index in [0.717, 1.165) is 5.56 Å². The van der Waals surface area contributed by atoms with Crippen LogP contribution in [0.4, 0.5) is 17.6 Å². The van der Waals surface area contributed by atoms with E-state index in [1.165, 1.54) is 18.2 Å². The molecule has 0 aliphatic rings. The van der Waals surface area contributed by atoms with Gasteiger partial charge in [0.1, 0.15) is 12.4 Å². The fraction of sp³-hybridized carbons (Fsp3) is 0.278. The Hall–Kier alpha value is -2.41. The van der Waals surface area contributed by atoms with Gasteiger partial charge in [-0.05, 0) is 35.7 Å². The summed E-state index contributed by atoms with van der Waals surface area (Å²) < 4.78 is 54.0. The molecule has 2 aromatic rings. The highest BCUT2D eigenvalue weighted by Gasteiger charge is 2.27. The highest BCUT2D eigenvalue weighted by atomic mass is 19.4. The number of rotatable bonds is 6.